The van der Waals surface area contributed by atoms with E-state index in [0.29, 0.717) is 50.8 Å². The van der Waals surface area contributed by atoms with Gasteiger partial charge in [-0.2, -0.15) is 5.26 Å². The summed E-state index contributed by atoms with van der Waals surface area (Å²) in [6.07, 6.45) is 3.51. The molecule has 4 rings (SSSR count). The third kappa shape index (κ3) is 3.47. The number of carbonyl (C=O) groups is 2. The van der Waals surface area contributed by atoms with E-state index in [1.165, 1.54) is 11.3 Å². The molecule has 0 spiro atoms. The fourth-order valence-corrected chi connectivity index (χ4v) is 5.13. The average molecular weight is 448 g/mol. The van der Waals surface area contributed by atoms with Crippen LogP contribution in [0.4, 0.5) is 0 Å². The first-order chi connectivity index (χ1) is 15.5. The molecule has 0 N–H and O–H groups in total. The fraction of sp³-hybridized carbons (Fsp3) is 0.346. The lowest BCUT2D eigenvalue weighted by Crippen LogP contribution is -2.23. The Morgan fingerprint density at radius 2 is 1.44 bits per heavy atom. The molecule has 3 aromatic rings. The molecule has 0 saturated carbocycles. The molecule has 1 heterocycles. The lowest BCUT2D eigenvalue weighted by atomic mass is 9.82. The van der Waals surface area contributed by atoms with Crippen LogP contribution in [0, 0.1) is 18.3 Å². The number of ketones is 2. The number of nitrogens with zero attached hydrogens (tertiary/aromatic N) is 1. The average Bonchev–Trinajstić information content (AvgIpc) is 3.14. The van der Waals surface area contributed by atoms with Gasteiger partial charge >= 0.3 is 0 Å². The van der Waals surface area contributed by atoms with E-state index in [0.717, 1.165) is 31.2 Å². The number of rotatable bonds is 8. The number of carbonyl (C=O) groups excluding carboxylic acids is 2. The van der Waals surface area contributed by atoms with Gasteiger partial charge in [-0.1, -0.05) is 51.0 Å². The fourth-order valence-electron chi connectivity index (χ4n) is 4.02. The molecule has 6 heteroatoms. The minimum Gasteiger partial charge on any atom is -0.492 e. The minimum atomic E-state index is -0.243. The van der Waals surface area contributed by atoms with E-state index >= 15 is 0 Å². The van der Waals surface area contributed by atoms with Crippen molar-refractivity contribution in [2.75, 3.05) is 13.2 Å². The number of nitriles is 1. The topological polar surface area (TPSA) is 76.4 Å². The molecule has 0 bridgehead atoms. The van der Waals surface area contributed by atoms with Gasteiger partial charge in [0.05, 0.1) is 29.0 Å². The number of hydrogen-bond donors (Lipinski definition) is 0. The Labute approximate surface area is 191 Å². The summed E-state index contributed by atoms with van der Waals surface area (Å²) in [5.41, 5.74) is 2.01. The number of unbranched alkanes of at least 4 members (excludes halogenated alkanes) is 2. The zero-order chi connectivity index (χ0) is 22.8. The standard InChI is InChI=1S/C26H25NO4S/c1-4-6-12-30-24-19-15(3)18(14-27)32-26(19)25(31-13-7-5-2)21-20(24)22(28)16-10-8-9-11-17(16)23(21)29/h8-11H,4-7,12-13H2,1-3H3. The summed E-state index contributed by atoms with van der Waals surface area (Å²) in [5, 5.41) is 10.4. The molecular weight excluding hydrogens is 422 g/mol. The first-order valence-electron chi connectivity index (χ1n) is 11.0. The van der Waals surface area contributed by atoms with Gasteiger partial charge in [-0.05, 0) is 25.3 Å². The quantitative estimate of drug-likeness (QED) is 0.300. The first kappa shape index (κ1) is 22.0. The van der Waals surface area contributed by atoms with Crippen molar-refractivity contribution >= 4 is 33.0 Å². The van der Waals surface area contributed by atoms with Gasteiger partial charge in [-0.15, -0.1) is 11.3 Å². The Morgan fingerprint density at radius 1 is 0.906 bits per heavy atom. The van der Waals surface area contributed by atoms with Crippen molar-refractivity contribution in [2.45, 2.75) is 46.5 Å². The van der Waals surface area contributed by atoms with Crippen molar-refractivity contribution in [3.8, 4) is 17.6 Å². The Balaban J connectivity index is 2.08. The number of aryl methyl sites for hydroxylation is 1. The van der Waals surface area contributed by atoms with Gasteiger partial charge in [0, 0.05) is 16.5 Å². The molecule has 0 aliphatic heterocycles. The third-order valence-electron chi connectivity index (χ3n) is 5.74. The number of ether oxygens (including phenoxy) is 2. The van der Waals surface area contributed by atoms with Crippen LogP contribution in [0.1, 0.15) is 81.8 Å². The van der Waals surface area contributed by atoms with E-state index in [-0.39, 0.29) is 22.7 Å². The van der Waals surface area contributed by atoms with Gasteiger partial charge in [0.25, 0.3) is 0 Å². The van der Waals surface area contributed by atoms with Gasteiger partial charge < -0.3 is 9.47 Å². The Morgan fingerprint density at radius 3 is 1.97 bits per heavy atom. The van der Waals surface area contributed by atoms with Crippen molar-refractivity contribution in [3.63, 3.8) is 0 Å². The molecule has 0 fully saturated rings. The Bertz CT molecular complexity index is 1270. The summed E-state index contributed by atoms with van der Waals surface area (Å²) in [7, 11) is 0. The molecule has 5 nitrogen and oxygen atoms in total. The van der Waals surface area contributed by atoms with Crippen LogP contribution in [0.5, 0.6) is 11.5 Å². The van der Waals surface area contributed by atoms with Crippen LogP contribution >= 0.6 is 11.3 Å². The molecule has 32 heavy (non-hydrogen) atoms. The molecule has 0 atom stereocenters. The third-order valence-corrected chi connectivity index (χ3v) is 6.94. The number of hydrogen-bond acceptors (Lipinski definition) is 6. The van der Waals surface area contributed by atoms with Crippen LogP contribution in [-0.2, 0) is 0 Å². The maximum absolute atomic E-state index is 13.7. The molecule has 164 valence electrons. The molecule has 0 saturated heterocycles. The van der Waals surface area contributed by atoms with Crippen LogP contribution in [0.15, 0.2) is 24.3 Å². The van der Waals surface area contributed by atoms with Crippen LogP contribution in [-0.4, -0.2) is 24.8 Å². The largest absolute Gasteiger partial charge is 0.492 e. The predicted molar refractivity (Wildman–Crippen MR) is 125 cm³/mol. The van der Waals surface area contributed by atoms with Crippen LogP contribution in [0.2, 0.25) is 0 Å². The summed E-state index contributed by atoms with van der Waals surface area (Å²) < 4.78 is 13.0. The lowest BCUT2D eigenvalue weighted by molar-refractivity contribution is 0.0972. The van der Waals surface area contributed by atoms with Crippen molar-refractivity contribution in [1.82, 2.24) is 0 Å². The van der Waals surface area contributed by atoms with Crippen LogP contribution in [0.3, 0.4) is 0 Å². The zero-order valence-corrected chi connectivity index (χ0v) is 19.4. The summed E-state index contributed by atoms with van der Waals surface area (Å²) >= 11 is 1.29. The SMILES string of the molecule is CCCCOc1c2c(c(OCCCC)c3c(C)c(C#N)sc13)C(=O)c1ccccc1C2=O. The van der Waals surface area contributed by atoms with Crippen molar-refractivity contribution in [3.05, 3.63) is 57.0 Å². The zero-order valence-electron chi connectivity index (χ0n) is 18.5. The maximum Gasteiger partial charge on any atom is 0.198 e. The summed E-state index contributed by atoms with van der Waals surface area (Å²) in [6, 6.07) is 9.11. The van der Waals surface area contributed by atoms with Gasteiger partial charge in [0.1, 0.15) is 22.4 Å². The van der Waals surface area contributed by atoms with Crippen LogP contribution in [0.25, 0.3) is 10.1 Å². The van der Waals surface area contributed by atoms with Crippen LogP contribution < -0.4 is 9.47 Å². The normalized spacial score (nSPS) is 12.4. The molecular formula is C26H25NO4S. The predicted octanol–water partition coefficient (Wildman–Crippen LogP) is 6.21. The summed E-state index contributed by atoms with van der Waals surface area (Å²) in [5.74, 6) is 0.310. The second-order valence-corrected chi connectivity index (χ2v) is 8.91. The Kier molecular flexibility index (Phi) is 6.29. The summed E-state index contributed by atoms with van der Waals surface area (Å²) in [6.45, 7) is 6.83. The van der Waals surface area contributed by atoms with Crippen molar-refractivity contribution in [1.29, 1.82) is 5.26 Å². The number of thiophene rings is 1. The van der Waals surface area contributed by atoms with Gasteiger partial charge in [0.15, 0.2) is 11.6 Å². The van der Waals surface area contributed by atoms with E-state index in [2.05, 4.69) is 19.9 Å². The summed E-state index contributed by atoms with van der Waals surface area (Å²) in [4.78, 5) is 27.8. The molecule has 0 radical (unpaired) electrons. The van der Waals surface area contributed by atoms with E-state index < -0.39 is 0 Å². The maximum atomic E-state index is 13.7. The molecule has 2 aromatic carbocycles. The van der Waals surface area contributed by atoms with Crippen molar-refractivity contribution in [2.24, 2.45) is 0 Å². The lowest BCUT2D eigenvalue weighted by Gasteiger charge is -2.24. The first-order valence-corrected chi connectivity index (χ1v) is 11.8. The Hall–Kier alpha value is -3.17. The molecule has 0 amide bonds. The molecule has 1 aliphatic carbocycles. The van der Waals surface area contributed by atoms with E-state index in [1.54, 1.807) is 24.3 Å². The number of benzene rings is 2. The molecule has 0 unspecified atom stereocenters. The molecule has 1 aliphatic rings. The van der Waals surface area contributed by atoms with E-state index in [4.69, 9.17) is 9.47 Å². The minimum absolute atomic E-state index is 0.242. The van der Waals surface area contributed by atoms with E-state index in [9.17, 15) is 14.9 Å². The highest BCUT2D eigenvalue weighted by atomic mass is 32.1. The van der Waals surface area contributed by atoms with Gasteiger partial charge in [0.2, 0.25) is 0 Å². The number of fused-ring (bicyclic) bond motifs is 3. The highest BCUT2D eigenvalue weighted by Crippen LogP contribution is 2.50. The second kappa shape index (κ2) is 9.13. The monoisotopic (exact) mass is 447 g/mol. The van der Waals surface area contributed by atoms with Gasteiger partial charge in [-0.25, -0.2) is 0 Å². The van der Waals surface area contributed by atoms with Gasteiger partial charge in [-0.3, -0.25) is 9.59 Å². The second-order valence-electron chi connectivity index (χ2n) is 7.89. The van der Waals surface area contributed by atoms with E-state index in [1.807, 2.05) is 6.92 Å². The highest BCUT2D eigenvalue weighted by Gasteiger charge is 2.38. The smallest absolute Gasteiger partial charge is 0.198 e. The molecule has 1 aromatic heterocycles. The van der Waals surface area contributed by atoms with Crippen molar-refractivity contribution < 1.29 is 19.1 Å². The highest BCUT2D eigenvalue weighted by molar-refractivity contribution is 7.20.